The number of aromatic hydroxyl groups is 1. The van der Waals surface area contributed by atoms with Crippen molar-refractivity contribution >= 4 is 5.78 Å². The monoisotopic (exact) mass is 425 g/mol. The first-order valence-electron chi connectivity index (χ1n) is 12.5. The van der Waals surface area contributed by atoms with Crippen LogP contribution in [0.1, 0.15) is 89.3 Å². The summed E-state index contributed by atoms with van der Waals surface area (Å²) < 4.78 is 0. The second kappa shape index (κ2) is 7.30. The number of aliphatic hydroxyl groups excluding tert-OH is 1. The van der Waals surface area contributed by atoms with Crippen molar-refractivity contribution in [3.63, 3.8) is 0 Å². The van der Waals surface area contributed by atoms with Gasteiger partial charge >= 0.3 is 0 Å². The van der Waals surface area contributed by atoms with Crippen LogP contribution in [0.15, 0.2) is 12.3 Å². The van der Waals surface area contributed by atoms with E-state index >= 15 is 0 Å². The summed E-state index contributed by atoms with van der Waals surface area (Å²) in [4.78, 5) is 17.9. The van der Waals surface area contributed by atoms with E-state index < -0.39 is 0 Å². The van der Waals surface area contributed by atoms with Gasteiger partial charge in [-0.1, -0.05) is 20.8 Å². The molecule has 4 aliphatic carbocycles. The van der Waals surface area contributed by atoms with Crippen LogP contribution in [-0.4, -0.2) is 27.1 Å². The fourth-order valence-corrected chi connectivity index (χ4v) is 8.99. The van der Waals surface area contributed by atoms with Crippen molar-refractivity contribution in [2.45, 2.75) is 91.1 Å². The maximum Gasteiger partial charge on any atom is 0.137 e. The number of fused-ring (bicyclic) bond motifs is 5. The van der Waals surface area contributed by atoms with Crippen LogP contribution in [0.3, 0.4) is 0 Å². The Balaban J connectivity index is 1.43. The number of carbonyl (C=O) groups excluding carboxylic acids is 1. The molecule has 1 aromatic rings. The van der Waals surface area contributed by atoms with Gasteiger partial charge in [-0.05, 0) is 98.0 Å². The van der Waals surface area contributed by atoms with E-state index in [0.29, 0.717) is 48.0 Å². The fourth-order valence-electron chi connectivity index (χ4n) is 8.99. The predicted molar refractivity (Wildman–Crippen MR) is 121 cm³/mol. The molecule has 4 aliphatic rings. The fraction of sp³-hybridized carbons (Fsp3) is 0.778. The Hall–Kier alpha value is -1.42. The first-order chi connectivity index (χ1) is 14.6. The summed E-state index contributed by atoms with van der Waals surface area (Å²) in [5, 5.41) is 20.8. The lowest BCUT2D eigenvalue weighted by atomic mass is 9.44. The van der Waals surface area contributed by atoms with E-state index in [-0.39, 0.29) is 28.8 Å². The van der Waals surface area contributed by atoms with Crippen molar-refractivity contribution in [1.82, 2.24) is 4.98 Å². The minimum absolute atomic E-state index is 0.0617. The van der Waals surface area contributed by atoms with E-state index in [1.165, 1.54) is 19.3 Å². The molecule has 4 nitrogen and oxygen atoms in total. The lowest BCUT2D eigenvalue weighted by Crippen LogP contribution is -2.57. The molecule has 0 unspecified atom stereocenters. The highest BCUT2D eigenvalue weighted by atomic mass is 16.3. The second-order valence-electron chi connectivity index (χ2n) is 12.0. The number of rotatable bonds is 2. The number of hydrogen-bond acceptors (Lipinski definition) is 4. The average molecular weight is 426 g/mol. The number of aryl methyl sites for hydroxylation is 1. The van der Waals surface area contributed by atoms with E-state index in [0.717, 1.165) is 30.5 Å². The van der Waals surface area contributed by atoms with E-state index in [4.69, 9.17) is 0 Å². The Morgan fingerprint density at radius 2 is 1.81 bits per heavy atom. The highest BCUT2D eigenvalue weighted by Gasteiger charge is 2.62. The molecule has 1 heterocycles. The van der Waals surface area contributed by atoms with Gasteiger partial charge in [0.25, 0.3) is 0 Å². The van der Waals surface area contributed by atoms with Gasteiger partial charge in [0, 0.05) is 24.5 Å². The van der Waals surface area contributed by atoms with Crippen LogP contribution in [0.5, 0.6) is 5.75 Å². The SMILES string of the molecule is Cc1cnc([C@@H](C)[C@H]2CC[C@H]3[C@H]4CC(=O)[C@H]5C[C@H](O)CC[C@]5(C)[C@H]4CC[C@@]23C)c(O)c1. The van der Waals surface area contributed by atoms with Gasteiger partial charge in [0.1, 0.15) is 11.5 Å². The van der Waals surface area contributed by atoms with E-state index in [1.807, 2.05) is 19.2 Å². The Kier molecular flexibility index (Phi) is 5.04. The van der Waals surface area contributed by atoms with Gasteiger partial charge < -0.3 is 10.2 Å². The Bertz CT molecular complexity index is 883. The standard InChI is InChI=1S/C27H39NO3/c1-15-11-24(31)25(28-14-15)16(2)19-5-6-20-18-13-23(30)22-12-17(29)7-9-27(22,4)21(18)8-10-26(19,20)3/h11,14,16-22,29,31H,5-10,12-13H2,1-4H3/t16-,17+,18+,19+,20-,21-,22+,26-,27+/m0/s1. The van der Waals surface area contributed by atoms with Gasteiger partial charge in [0.05, 0.1) is 11.8 Å². The van der Waals surface area contributed by atoms with Crippen molar-refractivity contribution in [3.05, 3.63) is 23.5 Å². The Morgan fingerprint density at radius 1 is 1.10 bits per heavy atom. The number of hydrogen-bond donors (Lipinski definition) is 2. The largest absolute Gasteiger partial charge is 0.506 e. The topological polar surface area (TPSA) is 70.4 Å². The van der Waals surface area contributed by atoms with Crippen LogP contribution in [0.2, 0.25) is 0 Å². The molecule has 0 spiro atoms. The molecule has 4 heteroatoms. The van der Waals surface area contributed by atoms with E-state index in [1.54, 1.807) is 0 Å². The quantitative estimate of drug-likeness (QED) is 0.666. The number of aliphatic hydroxyl groups is 1. The summed E-state index contributed by atoms with van der Waals surface area (Å²) in [6, 6.07) is 1.84. The zero-order valence-corrected chi connectivity index (χ0v) is 19.6. The van der Waals surface area contributed by atoms with E-state index in [2.05, 4.69) is 25.8 Å². The minimum Gasteiger partial charge on any atom is -0.506 e. The third-order valence-corrected chi connectivity index (χ3v) is 10.6. The first kappa shape index (κ1) is 21.4. The van der Waals surface area contributed by atoms with Crippen LogP contribution in [0, 0.1) is 47.3 Å². The first-order valence-corrected chi connectivity index (χ1v) is 12.5. The third kappa shape index (κ3) is 3.11. The highest BCUT2D eigenvalue weighted by molar-refractivity contribution is 5.83. The van der Waals surface area contributed by atoms with Crippen molar-refractivity contribution in [3.8, 4) is 5.75 Å². The number of ketones is 1. The number of nitrogens with zero attached hydrogens (tertiary/aromatic N) is 1. The molecule has 2 N–H and O–H groups in total. The molecule has 0 amide bonds. The summed E-state index contributed by atoms with van der Waals surface area (Å²) >= 11 is 0. The van der Waals surface area contributed by atoms with Crippen molar-refractivity contribution in [1.29, 1.82) is 0 Å². The normalized spacial score (nSPS) is 45.5. The molecule has 4 saturated carbocycles. The lowest BCUT2D eigenvalue weighted by Gasteiger charge is -2.60. The molecule has 0 aromatic carbocycles. The van der Waals surface area contributed by atoms with Crippen molar-refractivity contribution in [2.75, 3.05) is 0 Å². The third-order valence-electron chi connectivity index (χ3n) is 10.6. The van der Waals surface area contributed by atoms with Crippen molar-refractivity contribution < 1.29 is 15.0 Å². The molecule has 1 aromatic heterocycles. The van der Waals surface area contributed by atoms with Gasteiger partial charge in [0.2, 0.25) is 0 Å². The number of Topliss-reactive ketones (excluding diaryl/α,β-unsaturated/α-hetero) is 1. The molecule has 0 radical (unpaired) electrons. The molecule has 0 saturated heterocycles. The predicted octanol–water partition coefficient (Wildman–Crippen LogP) is 5.40. The molecule has 170 valence electrons. The molecule has 4 fully saturated rings. The van der Waals surface area contributed by atoms with Crippen LogP contribution in [-0.2, 0) is 4.79 Å². The number of pyridine rings is 1. The van der Waals surface area contributed by atoms with Crippen LogP contribution >= 0.6 is 0 Å². The van der Waals surface area contributed by atoms with Gasteiger partial charge in [0.15, 0.2) is 0 Å². The molecule has 0 aliphatic heterocycles. The Morgan fingerprint density at radius 3 is 2.55 bits per heavy atom. The van der Waals surface area contributed by atoms with Gasteiger partial charge in [-0.25, -0.2) is 0 Å². The highest BCUT2D eigenvalue weighted by Crippen LogP contribution is 2.68. The molecule has 31 heavy (non-hydrogen) atoms. The average Bonchev–Trinajstić information content (AvgIpc) is 3.06. The maximum absolute atomic E-state index is 13.3. The summed E-state index contributed by atoms with van der Waals surface area (Å²) in [5.74, 6) is 3.21. The molecular weight excluding hydrogens is 386 g/mol. The number of aromatic nitrogens is 1. The summed E-state index contributed by atoms with van der Waals surface area (Å²) in [6.07, 6.45) is 9.58. The summed E-state index contributed by atoms with van der Waals surface area (Å²) in [5.41, 5.74) is 2.11. The minimum atomic E-state index is -0.293. The summed E-state index contributed by atoms with van der Waals surface area (Å²) in [6.45, 7) is 9.04. The summed E-state index contributed by atoms with van der Waals surface area (Å²) in [7, 11) is 0. The maximum atomic E-state index is 13.3. The molecule has 5 rings (SSSR count). The van der Waals surface area contributed by atoms with Crippen molar-refractivity contribution in [2.24, 2.45) is 40.4 Å². The lowest BCUT2D eigenvalue weighted by molar-refractivity contribution is -0.159. The van der Waals surface area contributed by atoms with Gasteiger partial charge in [-0.3, -0.25) is 9.78 Å². The zero-order valence-electron chi connectivity index (χ0n) is 19.6. The molecular formula is C27H39NO3. The van der Waals surface area contributed by atoms with Gasteiger partial charge in [-0.15, -0.1) is 0 Å². The van der Waals surface area contributed by atoms with Crippen LogP contribution < -0.4 is 0 Å². The Labute approximate surface area is 186 Å². The number of carbonyl (C=O) groups is 1. The zero-order chi connectivity index (χ0) is 22.1. The van der Waals surface area contributed by atoms with E-state index in [9.17, 15) is 15.0 Å². The smallest absolute Gasteiger partial charge is 0.137 e. The molecule has 9 atom stereocenters. The van der Waals surface area contributed by atoms with Gasteiger partial charge in [-0.2, -0.15) is 0 Å². The molecule has 0 bridgehead atoms. The van der Waals surface area contributed by atoms with Crippen LogP contribution in [0.25, 0.3) is 0 Å². The second-order valence-corrected chi connectivity index (χ2v) is 12.0. The van der Waals surface area contributed by atoms with Crippen LogP contribution in [0.4, 0.5) is 0 Å².